The van der Waals surface area contributed by atoms with Crippen LogP contribution >= 0.6 is 0 Å². The van der Waals surface area contributed by atoms with Crippen molar-refractivity contribution < 1.29 is 9.47 Å². The van der Waals surface area contributed by atoms with E-state index < -0.39 is 0 Å². The Morgan fingerprint density at radius 2 is 1.89 bits per heavy atom. The Labute approximate surface area is 169 Å². The fourth-order valence-corrected chi connectivity index (χ4v) is 2.84. The molecule has 0 aliphatic carbocycles. The Bertz CT molecular complexity index is 686. The van der Waals surface area contributed by atoms with Crippen molar-refractivity contribution in [3.05, 3.63) is 47.6 Å². The lowest BCUT2D eigenvalue weighted by atomic mass is 10.1. The minimum Gasteiger partial charge on any atom is -0.494 e. The van der Waals surface area contributed by atoms with Crippen molar-refractivity contribution in [3.8, 4) is 0 Å². The molecule has 0 bridgehead atoms. The smallest absolute Gasteiger partial charge is 0.222 e. The maximum absolute atomic E-state index is 5.86. The molecule has 1 aliphatic rings. The second kappa shape index (κ2) is 12.8. The first-order valence-corrected chi connectivity index (χ1v) is 9.81. The molecule has 1 aromatic heterocycles. The first-order chi connectivity index (χ1) is 13.5. The minimum absolute atomic E-state index is 0.323. The fraction of sp³-hybridized carbons (Fsp3) is 0.524. The van der Waals surface area contributed by atoms with E-state index in [-0.39, 0.29) is 0 Å². The summed E-state index contributed by atoms with van der Waals surface area (Å²) in [6.07, 6.45) is 5.36. The van der Waals surface area contributed by atoms with E-state index in [4.69, 9.17) is 15.2 Å². The summed E-state index contributed by atoms with van der Waals surface area (Å²) in [4.78, 5) is 8.77. The van der Waals surface area contributed by atoms with Crippen LogP contribution in [-0.2, 0) is 22.3 Å². The lowest BCUT2D eigenvalue weighted by molar-refractivity contribution is 0.221. The van der Waals surface area contributed by atoms with Gasteiger partial charge in [-0.3, -0.25) is 0 Å². The van der Waals surface area contributed by atoms with Gasteiger partial charge in [-0.05, 0) is 31.9 Å². The molecule has 28 heavy (non-hydrogen) atoms. The van der Waals surface area contributed by atoms with Gasteiger partial charge in [0.25, 0.3) is 0 Å². The Hall–Kier alpha value is -2.54. The first kappa shape index (κ1) is 23.5. The maximum atomic E-state index is 5.86. The van der Waals surface area contributed by atoms with Crippen molar-refractivity contribution >= 4 is 11.8 Å². The molecule has 4 N–H and O–H groups in total. The monoisotopic (exact) mass is 389 g/mol. The number of nitrogen functional groups attached to an aromatic ring is 1. The van der Waals surface area contributed by atoms with Crippen LogP contribution in [0.1, 0.15) is 37.9 Å². The summed E-state index contributed by atoms with van der Waals surface area (Å²) in [7, 11) is 3.15. The highest BCUT2D eigenvalue weighted by Gasteiger charge is 2.15. The summed E-state index contributed by atoms with van der Waals surface area (Å²) in [6.45, 7) is 14.5. The molecule has 7 heteroatoms. The Kier molecular flexibility index (Phi) is 10.7. The highest BCUT2D eigenvalue weighted by Crippen LogP contribution is 2.21. The highest BCUT2D eigenvalue weighted by atomic mass is 16.5. The summed E-state index contributed by atoms with van der Waals surface area (Å²) >= 11 is 0. The molecule has 2 heterocycles. The topological polar surface area (TPSA) is 94.3 Å². The zero-order valence-corrected chi connectivity index (χ0v) is 17.7. The van der Waals surface area contributed by atoms with Crippen molar-refractivity contribution in [2.45, 2.75) is 39.5 Å². The van der Waals surface area contributed by atoms with E-state index in [0.29, 0.717) is 17.5 Å². The standard InChI is InChI=1S/C19H29N5O2.C2H6/c1-13(12-17(26-4)14(2)25-3)6-5-9-22-18-15-7-10-21-11-8-16(15)23-19(20)24-18;1-2/h12,21H,1-2,5-11H2,3-4H3,(H3,20,22,23,24);1-2H3/b17-12+;. The van der Waals surface area contributed by atoms with Gasteiger partial charge in [0, 0.05) is 25.1 Å². The average Bonchev–Trinajstić information content (AvgIpc) is 2.95. The summed E-state index contributed by atoms with van der Waals surface area (Å²) in [5.41, 5.74) is 9.02. The van der Waals surface area contributed by atoms with Crippen LogP contribution in [0, 0.1) is 0 Å². The number of hydrogen-bond acceptors (Lipinski definition) is 7. The van der Waals surface area contributed by atoms with Gasteiger partial charge in [-0.1, -0.05) is 32.6 Å². The molecule has 0 atom stereocenters. The van der Waals surface area contributed by atoms with E-state index in [1.54, 1.807) is 14.2 Å². The van der Waals surface area contributed by atoms with Crippen molar-refractivity contribution in [1.82, 2.24) is 15.3 Å². The zero-order valence-electron chi connectivity index (χ0n) is 17.7. The lowest BCUT2D eigenvalue weighted by Gasteiger charge is -2.13. The number of fused-ring (bicyclic) bond motifs is 1. The third-order valence-corrected chi connectivity index (χ3v) is 4.24. The second-order valence-electron chi connectivity index (χ2n) is 6.13. The molecule has 0 saturated carbocycles. The molecule has 0 unspecified atom stereocenters. The van der Waals surface area contributed by atoms with Crippen LogP contribution < -0.4 is 16.4 Å². The molecule has 156 valence electrons. The number of nitrogens with one attached hydrogen (secondary N) is 2. The third kappa shape index (κ3) is 7.23. The van der Waals surface area contributed by atoms with Gasteiger partial charge in [0.2, 0.25) is 5.95 Å². The molecule has 0 spiro atoms. The van der Waals surface area contributed by atoms with Crippen LogP contribution in [0.25, 0.3) is 0 Å². The van der Waals surface area contributed by atoms with Gasteiger partial charge in [-0.25, -0.2) is 4.98 Å². The molecule has 1 aliphatic heterocycles. The molecule has 0 aromatic carbocycles. The SMILES string of the molecule is C=C(/C=C(/OC)C(=C)OC)CCCNc1nc(N)nc2c1CCNCC2.CC. The summed E-state index contributed by atoms with van der Waals surface area (Å²) in [5, 5.41) is 6.78. The first-order valence-electron chi connectivity index (χ1n) is 9.81. The van der Waals surface area contributed by atoms with Crippen LogP contribution in [-0.4, -0.2) is 43.8 Å². The number of anilines is 2. The Morgan fingerprint density at radius 1 is 1.18 bits per heavy atom. The van der Waals surface area contributed by atoms with Gasteiger partial charge in [-0.15, -0.1) is 0 Å². The molecule has 0 amide bonds. The van der Waals surface area contributed by atoms with Crippen molar-refractivity contribution in [2.24, 2.45) is 0 Å². The largest absolute Gasteiger partial charge is 0.494 e. The van der Waals surface area contributed by atoms with E-state index in [1.807, 2.05) is 19.9 Å². The van der Waals surface area contributed by atoms with Crippen LogP contribution in [0.15, 0.2) is 36.3 Å². The van der Waals surface area contributed by atoms with Crippen LogP contribution in [0.3, 0.4) is 0 Å². The quantitative estimate of drug-likeness (QED) is 0.339. The molecular formula is C21H35N5O2. The van der Waals surface area contributed by atoms with Crippen LogP contribution in [0.4, 0.5) is 11.8 Å². The van der Waals surface area contributed by atoms with Gasteiger partial charge >= 0.3 is 0 Å². The number of rotatable bonds is 9. The molecule has 2 rings (SSSR count). The number of ether oxygens (including phenoxy) is 2. The molecule has 0 fully saturated rings. The summed E-state index contributed by atoms with van der Waals surface area (Å²) in [6, 6.07) is 0. The molecule has 0 radical (unpaired) electrons. The number of allylic oxidation sites excluding steroid dienone is 2. The number of aromatic nitrogens is 2. The van der Waals surface area contributed by atoms with E-state index >= 15 is 0 Å². The van der Waals surface area contributed by atoms with E-state index in [9.17, 15) is 0 Å². The van der Waals surface area contributed by atoms with Gasteiger partial charge in [-0.2, -0.15) is 4.98 Å². The Morgan fingerprint density at radius 3 is 2.57 bits per heavy atom. The van der Waals surface area contributed by atoms with Gasteiger partial charge in [0.1, 0.15) is 5.82 Å². The molecule has 0 saturated heterocycles. The number of nitrogens with zero attached hydrogens (tertiary/aromatic N) is 2. The van der Waals surface area contributed by atoms with Gasteiger partial charge in [0.15, 0.2) is 11.5 Å². The molecular weight excluding hydrogens is 354 g/mol. The van der Waals surface area contributed by atoms with E-state index in [0.717, 1.165) is 62.4 Å². The van der Waals surface area contributed by atoms with Crippen molar-refractivity contribution in [3.63, 3.8) is 0 Å². The number of hydrogen-bond donors (Lipinski definition) is 3. The molecule has 1 aromatic rings. The summed E-state index contributed by atoms with van der Waals surface area (Å²) in [5.74, 6) is 2.25. The minimum atomic E-state index is 0.323. The Balaban J connectivity index is 0.00000190. The van der Waals surface area contributed by atoms with E-state index in [1.165, 1.54) is 5.56 Å². The van der Waals surface area contributed by atoms with Gasteiger partial charge < -0.3 is 25.8 Å². The zero-order chi connectivity index (χ0) is 20.9. The predicted molar refractivity (Wildman–Crippen MR) is 116 cm³/mol. The number of nitrogens with two attached hydrogens (primary N) is 1. The van der Waals surface area contributed by atoms with Gasteiger partial charge in [0.05, 0.1) is 19.9 Å². The average molecular weight is 390 g/mol. The predicted octanol–water partition coefficient (Wildman–Crippen LogP) is 3.21. The maximum Gasteiger partial charge on any atom is 0.222 e. The van der Waals surface area contributed by atoms with E-state index in [2.05, 4.69) is 33.8 Å². The third-order valence-electron chi connectivity index (χ3n) is 4.24. The van der Waals surface area contributed by atoms with Crippen molar-refractivity contribution in [2.75, 3.05) is 44.9 Å². The number of methoxy groups -OCH3 is 2. The highest BCUT2D eigenvalue weighted by molar-refractivity contribution is 5.50. The van der Waals surface area contributed by atoms with Crippen LogP contribution in [0.5, 0.6) is 0 Å². The normalized spacial score (nSPS) is 13.4. The lowest BCUT2D eigenvalue weighted by Crippen LogP contribution is -2.16. The molecule has 7 nitrogen and oxygen atoms in total. The fourth-order valence-electron chi connectivity index (χ4n) is 2.84. The summed E-state index contributed by atoms with van der Waals surface area (Å²) < 4.78 is 10.3. The second-order valence-corrected chi connectivity index (χ2v) is 6.13. The van der Waals surface area contributed by atoms with Crippen molar-refractivity contribution in [1.29, 1.82) is 0 Å². The van der Waals surface area contributed by atoms with Crippen LogP contribution in [0.2, 0.25) is 0 Å².